The number of piperidine rings is 1. The van der Waals surface area contributed by atoms with Gasteiger partial charge >= 0.3 is 0 Å². The van der Waals surface area contributed by atoms with Crippen molar-refractivity contribution >= 4 is 22.9 Å². The molecule has 33 heavy (non-hydrogen) atoms. The molecule has 2 saturated heterocycles. The highest BCUT2D eigenvalue weighted by Gasteiger charge is 2.26. The number of imidazole rings is 1. The zero-order chi connectivity index (χ0) is 22.5. The van der Waals surface area contributed by atoms with E-state index in [1.165, 1.54) is 5.56 Å². The Morgan fingerprint density at radius 1 is 0.909 bits per heavy atom. The summed E-state index contributed by atoms with van der Waals surface area (Å²) in [6.45, 7) is 8.73. The van der Waals surface area contributed by atoms with Crippen LogP contribution in [-0.4, -0.2) is 78.0 Å². The van der Waals surface area contributed by atoms with Crippen molar-refractivity contribution in [2.24, 2.45) is 5.92 Å². The van der Waals surface area contributed by atoms with Crippen LogP contribution in [0.5, 0.6) is 0 Å². The van der Waals surface area contributed by atoms with E-state index in [0.29, 0.717) is 0 Å². The molecule has 7 heteroatoms. The predicted molar refractivity (Wildman–Crippen MR) is 132 cm³/mol. The Hall–Kier alpha value is -2.90. The van der Waals surface area contributed by atoms with E-state index in [1.54, 1.807) is 0 Å². The Balaban J connectivity index is 0.997. The van der Waals surface area contributed by atoms with Crippen molar-refractivity contribution < 1.29 is 4.79 Å². The number of benzene rings is 2. The van der Waals surface area contributed by atoms with Gasteiger partial charge in [0.2, 0.25) is 11.9 Å². The number of fused-ring (bicyclic) bond motifs is 1. The molecule has 2 aliphatic rings. The molecule has 0 aliphatic carbocycles. The van der Waals surface area contributed by atoms with Crippen molar-refractivity contribution in [3.05, 3.63) is 60.2 Å². The molecule has 0 spiro atoms. The summed E-state index contributed by atoms with van der Waals surface area (Å²) in [5.74, 6) is 1.23. The standard InChI is InChI=1S/C26H34N6O/c33-25(22-10-13-32(14-11-22)26-28-23-8-4-5-9-24(23)29-26)27-12-15-30-16-18-31(19-17-30)20-21-6-2-1-3-7-21/h1-9,22H,10-20H2,(H,27,33)(H,28,29). The van der Waals surface area contributed by atoms with E-state index in [2.05, 4.69) is 61.4 Å². The molecule has 0 bridgehead atoms. The minimum Gasteiger partial charge on any atom is -0.355 e. The number of hydrogen-bond acceptors (Lipinski definition) is 5. The van der Waals surface area contributed by atoms with Gasteiger partial charge in [0.1, 0.15) is 0 Å². The van der Waals surface area contributed by atoms with E-state index in [1.807, 2.05) is 18.2 Å². The molecule has 1 amide bonds. The molecule has 2 N–H and O–H groups in total. The summed E-state index contributed by atoms with van der Waals surface area (Å²) in [5.41, 5.74) is 3.44. The highest BCUT2D eigenvalue weighted by molar-refractivity contribution is 5.79. The van der Waals surface area contributed by atoms with Crippen LogP contribution in [0.15, 0.2) is 54.6 Å². The van der Waals surface area contributed by atoms with E-state index in [0.717, 1.165) is 88.7 Å². The number of carbonyl (C=O) groups excluding carboxylic acids is 1. The topological polar surface area (TPSA) is 67.5 Å². The second-order valence-corrected chi connectivity index (χ2v) is 9.23. The van der Waals surface area contributed by atoms with Gasteiger partial charge in [0.15, 0.2) is 0 Å². The number of amides is 1. The lowest BCUT2D eigenvalue weighted by atomic mass is 9.96. The molecule has 3 aromatic rings. The number of aromatic nitrogens is 2. The van der Waals surface area contributed by atoms with Gasteiger partial charge in [-0.05, 0) is 30.5 Å². The van der Waals surface area contributed by atoms with Crippen LogP contribution in [0.25, 0.3) is 11.0 Å². The monoisotopic (exact) mass is 446 g/mol. The van der Waals surface area contributed by atoms with E-state index in [9.17, 15) is 4.79 Å². The van der Waals surface area contributed by atoms with Crippen molar-refractivity contribution in [3.63, 3.8) is 0 Å². The normalized spacial score (nSPS) is 18.6. The van der Waals surface area contributed by atoms with Gasteiger partial charge in [-0.25, -0.2) is 4.98 Å². The van der Waals surface area contributed by atoms with Crippen LogP contribution in [0.2, 0.25) is 0 Å². The number of carbonyl (C=O) groups is 1. The van der Waals surface area contributed by atoms with Crippen molar-refractivity contribution in [1.82, 2.24) is 25.1 Å². The molecular formula is C26H34N6O. The Morgan fingerprint density at radius 3 is 2.36 bits per heavy atom. The van der Waals surface area contributed by atoms with Gasteiger partial charge in [-0.2, -0.15) is 0 Å². The maximum atomic E-state index is 12.7. The number of hydrogen-bond donors (Lipinski definition) is 2. The first-order valence-corrected chi connectivity index (χ1v) is 12.2. The van der Waals surface area contributed by atoms with Crippen molar-refractivity contribution in [2.45, 2.75) is 19.4 Å². The number of anilines is 1. The summed E-state index contributed by atoms with van der Waals surface area (Å²) in [7, 11) is 0. The van der Waals surface area contributed by atoms with Crippen LogP contribution in [0.4, 0.5) is 5.95 Å². The predicted octanol–water partition coefficient (Wildman–Crippen LogP) is 2.71. The molecule has 5 rings (SSSR count). The quantitative estimate of drug-likeness (QED) is 0.584. The third-order valence-electron chi connectivity index (χ3n) is 6.98. The summed E-state index contributed by atoms with van der Waals surface area (Å²) < 4.78 is 0. The minimum atomic E-state index is 0.105. The fourth-order valence-electron chi connectivity index (χ4n) is 4.94. The maximum absolute atomic E-state index is 12.7. The van der Waals surface area contributed by atoms with Crippen LogP contribution in [0.3, 0.4) is 0 Å². The molecule has 0 radical (unpaired) electrons. The second kappa shape index (κ2) is 10.4. The number of nitrogens with one attached hydrogen (secondary N) is 2. The number of piperazine rings is 1. The Kier molecular flexibility index (Phi) is 6.88. The zero-order valence-corrected chi connectivity index (χ0v) is 19.2. The van der Waals surface area contributed by atoms with Gasteiger partial charge in [0.05, 0.1) is 11.0 Å². The highest BCUT2D eigenvalue weighted by atomic mass is 16.1. The van der Waals surface area contributed by atoms with Gasteiger partial charge in [0, 0.05) is 64.8 Å². The molecule has 2 aromatic carbocycles. The van der Waals surface area contributed by atoms with Gasteiger partial charge in [-0.15, -0.1) is 0 Å². The third kappa shape index (κ3) is 5.54. The molecule has 0 atom stereocenters. The lowest BCUT2D eigenvalue weighted by Crippen LogP contribution is -2.48. The molecule has 0 unspecified atom stereocenters. The smallest absolute Gasteiger partial charge is 0.223 e. The molecule has 2 fully saturated rings. The van der Waals surface area contributed by atoms with Crippen molar-refractivity contribution in [1.29, 1.82) is 0 Å². The van der Waals surface area contributed by atoms with E-state index >= 15 is 0 Å². The van der Waals surface area contributed by atoms with E-state index in [4.69, 9.17) is 4.98 Å². The molecular weight excluding hydrogens is 412 g/mol. The minimum absolute atomic E-state index is 0.105. The van der Waals surface area contributed by atoms with Gasteiger partial charge in [0.25, 0.3) is 0 Å². The first-order chi connectivity index (χ1) is 16.2. The van der Waals surface area contributed by atoms with Crippen LogP contribution >= 0.6 is 0 Å². The Labute approximate surface area is 195 Å². The molecule has 3 heterocycles. The zero-order valence-electron chi connectivity index (χ0n) is 19.2. The maximum Gasteiger partial charge on any atom is 0.223 e. The fraction of sp³-hybridized carbons (Fsp3) is 0.462. The summed E-state index contributed by atoms with van der Waals surface area (Å²) in [6.07, 6.45) is 1.75. The molecule has 7 nitrogen and oxygen atoms in total. The largest absolute Gasteiger partial charge is 0.355 e. The third-order valence-corrected chi connectivity index (χ3v) is 6.98. The van der Waals surface area contributed by atoms with E-state index in [-0.39, 0.29) is 11.8 Å². The Morgan fingerprint density at radius 2 is 1.61 bits per heavy atom. The van der Waals surface area contributed by atoms with Gasteiger partial charge in [-0.3, -0.25) is 14.6 Å². The lowest BCUT2D eigenvalue weighted by Gasteiger charge is -2.35. The van der Waals surface area contributed by atoms with Crippen molar-refractivity contribution in [2.75, 3.05) is 57.3 Å². The average Bonchev–Trinajstić information content (AvgIpc) is 3.30. The average molecular weight is 447 g/mol. The van der Waals surface area contributed by atoms with Crippen LogP contribution in [-0.2, 0) is 11.3 Å². The van der Waals surface area contributed by atoms with Crippen LogP contribution < -0.4 is 10.2 Å². The molecule has 1 aromatic heterocycles. The number of H-pyrrole nitrogens is 1. The number of para-hydroxylation sites is 2. The summed E-state index contributed by atoms with van der Waals surface area (Å²) in [6, 6.07) is 18.8. The Bertz CT molecular complexity index is 1000. The SMILES string of the molecule is O=C(NCCN1CCN(Cc2ccccc2)CC1)C1CCN(c2nc3ccccc3[nH]2)CC1. The van der Waals surface area contributed by atoms with Crippen molar-refractivity contribution in [3.8, 4) is 0 Å². The molecule has 0 saturated carbocycles. The summed E-state index contributed by atoms with van der Waals surface area (Å²) in [5, 5.41) is 3.19. The van der Waals surface area contributed by atoms with E-state index < -0.39 is 0 Å². The van der Waals surface area contributed by atoms with Crippen LogP contribution in [0.1, 0.15) is 18.4 Å². The van der Waals surface area contributed by atoms with Gasteiger partial charge in [-0.1, -0.05) is 42.5 Å². The highest BCUT2D eigenvalue weighted by Crippen LogP contribution is 2.23. The number of rotatable bonds is 7. The second-order valence-electron chi connectivity index (χ2n) is 9.23. The molecule has 174 valence electrons. The lowest BCUT2D eigenvalue weighted by molar-refractivity contribution is -0.125. The number of aromatic amines is 1. The molecule has 2 aliphatic heterocycles. The van der Waals surface area contributed by atoms with Gasteiger partial charge < -0.3 is 15.2 Å². The first-order valence-electron chi connectivity index (χ1n) is 12.2. The number of nitrogens with zero attached hydrogens (tertiary/aromatic N) is 4. The fourth-order valence-corrected chi connectivity index (χ4v) is 4.94. The summed E-state index contributed by atoms with van der Waals surface area (Å²) in [4.78, 5) is 28.0. The summed E-state index contributed by atoms with van der Waals surface area (Å²) >= 11 is 0. The first kappa shape index (κ1) is 21.9. The van der Waals surface area contributed by atoms with Crippen LogP contribution in [0, 0.1) is 5.92 Å².